The third-order valence-corrected chi connectivity index (χ3v) is 2.37. The van der Waals surface area contributed by atoms with Crippen molar-refractivity contribution in [2.75, 3.05) is 0 Å². The molecule has 0 saturated carbocycles. The average Bonchev–Trinajstić information content (AvgIpc) is 2.56. The summed E-state index contributed by atoms with van der Waals surface area (Å²) in [5.41, 5.74) is 3.01. The van der Waals surface area contributed by atoms with Crippen LogP contribution in [0.1, 0.15) is 11.4 Å². The largest absolute Gasteiger partial charge is 0.388 e. The molecule has 3 nitrogen and oxygen atoms in total. The van der Waals surface area contributed by atoms with E-state index >= 15 is 0 Å². The van der Waals surface area contributed by atoms with E-state index in [4.69, 9.17) is 11.5 Å². The Morgan fingerprint density at radius 2 is 2.33 bits per heavy atom. The number of hydrogen-bond donors (Lipinski definition) is 1. The molecule has 0 aliphatic rings. The Balaban J connectivity index is 2.70. The summed E-state index contributed by atoms with van der Waals surface area (Å²) in [5, 5.41) is 9.16. The molecule has 0 unspecified atom stereocenters. The quantitative estimate of drug-likeness (QED) is 0.745. The fraction of sp³-hybridized carbons (Fsp3) is 0.250. The van der Waals surface area contributed by atoms with Crippen molar-refractivity contribution in [1.29, 1.82) is 0 Å². The van der Waals surface area contributed by atoms with Crippen molar-refractivity contribution in [3.05, 3.63) is 29.6 Å². The fourth-order valence-electron chi connectivity index (χ4n) is 1.68. The van der Waals surface area contributed by atoms with Gasteiger partial charge in [-0.25, -0.2) is 4.98 Å². The summed E-state index contributed by atoms with van der Waals surface area (Å²) in [4.78, 5) is 4.33. The molecular weight excluding hydrogens is 188 g/mol. The van der Waals surface area contributed by atoms with Crippen LogP contribution in [0.4, 0.5) is 0 Å². The Morgan fingerprint density at radius 1 is 1.53 bits per heavy atom. The van der Waals surface area contributed by atoms with Crippen LogP contribution in [0.2, 0.25) is 0 Å². The lowest BCUT2D eigenvalue weighted by Gasteiger charge is -2.02. The van der Waals surface area contributed by atoms with Gasteiger partial charge in [0.1, 0.15) is 12.4 Å². The van der Waals surface area contributed by atoms with E-state index in [2.05, 4.69) is 10.9 Å². The van der Waals surface area contributed by atoms with Gasteiger partial charge in [-0.15, -0.1) is 6.42 Å². The molecule has 1 N–H and O–H groups in total. The molecule has 1 aromatic heterocycles. The number of aliphatic hydroxyl groups is 1. The molecular formula is C12H12N2O. The maximum atomic E-state index is 9.16. The number of aliphatic hydroxyl groups excluding tert-OH is 1. The Morgan fingerprint density at radius 3 is 3.00 bits per heavy atom. The molecule has 2 aromatic rings. The van der Waals surface area contributed by atoms with Crippen molar-refractivity contribution in [3.63, 3.8) is 0 Å². The van der Waals surface area contributed by atoms with E-state index in [0.29, 0.717) is 12.4 Å². The van der Waals surface area contributed by atoms with Crippen molar-refractivity contribution in [3.8, 4) is 12.3 Å². The summed E-state index contributed by atoms with van der Waals surface area (Å²) < 4.78 is 1.86. The van der Waals surface area contributed by atoms with Crippen molar-refractivity contribution in [1.82, 2.24) is 9.55 Å². The lowest BCUT2D eigenvalue weighted by molar-refractivity contribution is 0.267. The van der Waals surface area contributed by atoms with Crippen LogP contribution in [-0.2, 0) is 13.2 Å². The predicted molar refractivity (Wildman–Crippen MR) is 59.2 cm³/mol. The van der Waals surface area contributed by atoms with E-state index in [0.717, 1.165) is 16.6 Å². The molecule has 0 amide bonds. The van der Waals surface area contributed by atoms with Crippen LogP contribution in [0.15, 0.2) is 18.2 Å². The van der Waals surface area contributed by atoms with Gasteiger partial charge in [-0.2, -0.15) is 0 Å². The van der Waals surface area contributed by atoms with Gasteiger partial charge in [-0.05, 0) is 24.6 Å². The van der Waals surface area contributed by atoms with Gasteiger partial charge in [0, 0.05) is 0 Å². The van der Waals surface area contributed by atoms with Gasteiger partial charge in [-0.1, -0.05) is 12.0 Å². The minimum absolute atomic E-state index is 0.0879. The maximum Gasteiger partial charge on any atom is 0.136 e. The Bertz CT molecular complexity index is 534. The third-order valence-electron chi connectivity index (χ3n) is 2.37. The average molecular weight is 200 g/mol. The molecule has 0 bridgehead atoms. The zero-order chi connectivity index (χ0) is 10.8. The molecule has 0 spiro atoms. The topological polar surface area (TPSA) is 38.0 Å². The summed E-state index contributed by atoms with van der Waals surface area (Å²) >= 11 is 0. The molecule has 0 fully saturated rings. The first-order valence-corrected chi connectivity index (χ1v) is 4.76. The number of rotatable bonds is 2. The predicted octanol–water partition coefficient (Wildman–Crippen LogP) is 1.47. The molecule has 0 aliphatic heterocycles. The second-order valence-electron chi connectivity index (χ2n) is 3.47. The fourth-order valence-corrected chi connectivity index (χ4v) is 1.68. The molecule has 0 aliphatic carbocycles. The van der Waals surface area contributed by atoms with Crippen LogP contribution in [0.3, 0.4) is 0 Å². The summed E-state index contributed by atoms with van der Waals surface area (Å²) in [7, 11) is 0. The van der Waals surface area contributed by atoms with Crippen LogP contribution >= 0.6 is 0 Å². The molecule has 76 valence electrons. The van der Waals surface area contributed by atoms with E-state index in [1.807, 2.05) is 29.7 Å². The number of imidazole rings is 1. The highest BCUT2D eigenvalue weighted by atomic mass is 16.3. The molecule has 1 aromatic carbocycles. The zero-order valence-electron chi connectivity index (χ0n) is 8.57. The summed E-state index contributed by atoms with van der Waals surface area (Å²) in [6.45, 7) is 2.36. The first-order valence-electron chi connectivity index (χ1n) is 4.76. The molecule has 0 atom stereocenters. The van der Waals surface area contributed by atoms with Crippen LogP contribution in [0.25, 0.3) is 11.0 Å². The summed E-state index contributed by atoms with van der Waals surface area (Å²) in [6, 6.07) is 5.98. The number of aromatic nitrogens is 2. The maximum absolute atomic E-state index is 9.16. The van der Waals surface area contributed by atoms with Crippen molar-refractivity contribution < 1.29 is 5.11 Å². The van der Waals surface area contributed by atoms with Crippen molar-refractivity contribution in [2.45, 2.75) is 20.1 Å². The Kier molecular flexibility index (Phi) is 2.44. The first kappa shape index (κ1) is 9.75. The second kappa shape index (κ2) is 3.76. The number of aryl methyl sites for hydroxylation is 1. The van der Waals surface area contributed by atoms with Crippen LogP contribution in [0.5, 0.6) is 0 Å². The molecule has 0 radical (unpaired) electrons. The standard InChI is InChI=1S/C12H12N2O/c1-3-6-14-11-5-4-9(2)7-10(11)13-12(14)8-15/h1,4-5,7,15H,6,8H2,2H3. The smallest absolute Gasteiger partial charge is 0.136 e. The van der Waals surface area contributed by atoms with Gasteiger partial charge in [0.15, 0.2) is 0 Å². The number of benzene rings is 1. The molecule has 15 heavy (non-hydrogen) atoms. The van der Waals surface area contributed by atoms with Gasteiger partial charge in [0.05, 0.1) is 17.6 Å². The van der Waals surface area contributed by atoms with Gasteiger partial charge in [-0.3, -0.25) is 0 Å². The normalized spacial score (nSPS) is 10.5. The van der Waals surface area contributed by atoms with Gasteiger partial charge < -0.3 is 9.67 Å². The SMILES string of the molecule is C#CCn1c(CO)nc2cc(C)ccc21. The summed E-state index contributed by atoms with van der Waals surface area (Å²) in [6.07, 6.45) is 5.28. The molecule has 2 rings (SSSR count). The number of hydrogen-bond acceptors (Lipinski definition) is 2. The highest BCUT2D eigenvalue weighted by Crippen LogP contribution is 2.17. The highest BCUT2D eigenvalue weighted by molar-refractivity contribution is 5.77. The second-order valence-corrected chi connectivity index (χ2v) is 3.47. The minimum atomic E-state index is -0.0879. The monoisotopic (exact) mass is 200 g/mol. The highest BCUT2D eigenvalue weighted by Gasteiger charge is 2.08. The van der Waals surface area contributed by atoms with E-state index in [1.54, 1.807) is 0 Å². The Hall–Kier alpha value is -1.79. The van der Waals surface area contributed by atoms with Crippen molar-refractivity contribution in [2.24, 2.45) is 0 Å². The van der Waals surface area contributed by atoms with Gasteiger partial charge in [0.2, 0.25) is 0 Å². The molecule has 1 heterocycles. The number of terminal acetylenes is 1. The molecule has 0 saturated heterocycles. The minimum Gasteiger partial charge on any atom is -0.388 e. The van der Waals surface area contributed by atoms with E-state index in [9.17, 15) is 0 Å². The first-order chi connectivity index (χ1) is 7.26. The molecule has 3 heteroatoms. The third kappa shape index (κ3) is 1.60. The van der Waals surface area contributed by atoms with Crippen molar-refractivity contribution >= 4 is 11.0 Å². The van der Waals surface area contributed by atoms with Crippen LogP contribution in [0, 0.1) is 19.3 Å². The number of nitrogens with zero attached hydrogens (tertiary/aromatic N) is 2. The van der Waals surface area contributed by atoms with Gasteiger partial charge in [0.25, 0.3) is 0 Å². The van der Waals surface area contributed by atoms with Gasteiger partial charge >= 0.3 is 0 Å². The number of fused-ring (bicyclic) bond motifs is 1. The van der Waals surface area contributed by atoms with Crippen LogP contribution < -0.4 is 0 Å². The zero-order valence-corrected chi connectivity index (χ0v) is 8.57. The Labute approximate surface area is 88.4 Å². The summed E-state index contributed by atoms with van der Waals surface area (Å²) in [5.74, 6) is 3.18. The van der Waals surface area contributed by atoms with E-state index in [-0.39, 0.29) is 6.61 Å². The lowest BCUT2D eigenvalue weighted by atomic mass is 10.2. The lowest BCUT2D eigenvalue weighted by Crippen LogP contribution is -2.01. The van der Waals surface area contributed by atoms with E-state index < -0.39 is 0 Å². The van der Waals surface area contributed by atoms with E-state index in [1.165, 1.54) is 0 Å². The van der Waals surface area contributed by atoms with Crippen LogP contribution in [-0.4, -0.2) is 14.7 Å².